The highest BCUT2D eigenvalue weighted by Crippen LogP contribution is 2.15. The van der Waals surface area contributed by atoms with Crippen molar-refractivity contribution in [1.82, 2.24) is 24.5 Å². The van der Waals surface area contributed by atoms with Crippen LogP contribution in [0.1, 0.15) is 16.1 Å². The van der Waals surface area contributed by atoms with Gasteiger partial charge < -0.3 is 9.88 Å². The second-order valence-electron chi connectivity index (χ2n) is 6.02. The summed E-state index contributed by atoms with van der Waals surface area (Å²) in [6.07, 6.45) is 3.98. The molecular formula is C19H17N5O2. The van der Waals surface area contributed by atoms with Gasteiger partial charge >= 0.3 is 0 Å². The average molecular weight is 347 g/mol. The molecule has 0 radical (unpaired) electrons. The number of fused-ring (bicyclic) bond motifs is 3. The van der Waals surface area contributed by atoms with E-state index in [1.807, 2.05) is 24.3 Å². The minimum Gasteiger partial charge on any atom is -0.352 e. The van der Waals surface area contributed by atoms with E-state index >= 15 is 0 Å². The van der Waals surface area contributed by atoms with Gasteiger partial charge in [-0.3, -0.25) is 14.6 Å². The first kappa shape index (κ1) is 16.0. The fourth-order valence-corrected chi connectivity index (χ4v) is 3.00. The van der Waals surface area contributed by atoms with Crippen LogP contribution >= 0.6 is 0 Å². The predicted octanol–water partition coefficient (Wildman–Crippen LogP) is 1.55. The molecule has 1 amide bonds. The first-order valence-corrected chi connectivity index (χ1v) is 8.30. The van der Waals surface area contributed by atoms with Crippen LogP contribution in [0.2, 0.25) is 0 Å². The number of carbonyl (C=O) groups is 1. The summed E-state index contributed by atoms with van der Waals surface area (Å²) >= 11 is 0. The van der Waals surface area contributed by atoms with Gasteiger partial charge in [-0.05, 0) is 36.4 Å². The predicted molar refractivity (Wildman–Crippen MR) is 98.2 cm³/mol. The van der Waals surface area contributed by atoms with Crippen LogP contribution in [0.5, 0.6) is 0 Å². The lowest BCUT2D eigenvalue weighted by atomic mass is 10.1. The number of rotatable bonds is 4. The van der Waals surface area contributed by atoms with E-state index in [1.165, 1.54) is 4.57 Å². The standard InChI is InChI=1S/C19H17N5O2/c1-23-17-12-13(18(25)21-10-7-14-4-2-3-9-20-14)5-6-15(17)24-16(19(23)26)8-11-22-24/h2-6,8-9,11-12H,7,10H2,1H3,(H,21,25). The van der Waals surface area contributed by atoms with E-state index in [0.717, 1.165) is 11.2 Å². The second-order valence-corrected chi connectivity index (χ2v) is 6.02. The smallest absolute Gasteiger partial charge is 0.276 e. The number of amides is 1. The highest BCUT2D eigenvalue weighted by atomic mass is 16.1. The van der Waals surface area contributed by atoms with Crippen LogP contribution in [0.15, 0.2) is 59.7 Å². The number of hydrogen-bond acceptors (Lipinski definition) is 4. The maximum atomic E-state index is 12.4. The lowest BCUT2D eigenvalue weighted by molar-refractivity contribution is 0.0954. The summed E-state index contributed by atoms with van der Waals surface area (Å²) in [6.45, 7) is 0.491. The Labute approximate surface area is 148 Å². The molecule has 1 aromatic carbocycles. The van der Waals surface area contributed by atoms with Gasteiger partial charge in [0.15, 0.2) is 0 Å². The largest absolute Gasteiger partial charge is 0.352 e. The Kier molecular flexibility index (Phi) is 3.96. The molecule has 3 aromatic heterocycles. The summed E-state index contributed by atoms with van der Waals surface area (Å²) in [4.78, 5) is 29.1. The number of nitrogens with one attached hydrogen (secondary N) is 1. The molecule has 0 aliphatic rings. The summed E-state index contributed by atoms with van der Waals surface area (Å²) < 4.78 is 3.14. The molecule has 0 bridgehead atoms. The lowest BCUT2D eigenvalue weighted by Gasteiger charge is -2.10. The molecule has 0 unspecified atom stereocenters. The van der Waals surface area contributed by atoms with E-state index in [9.17, 15) is 9.59 Å². The van der Waals surface area contributed by atoms with E-state index in [4.69, 9.17) is 0 Å². The summed E-state index contributed by atoms with van der Waals surface area (Å²) in [5.74, 6) is -0.184. The highest BCUT2D eigenvalue weighted by Gasteiger charge is 2.12. The number of aromatic nitrogens is 4. The number of hydrogen-bond donors (Lipinski definition) is 1. The Hall–Kier alpha value is -3.48. The summed E-state index contributed by atoms with van der Waals surface area (Å²) in [6, 6.07) is 12.6. The quantitative estimate of drug-likeness (QED) is 0.607. The van der Waals surface area contributed by atoms with E-state index in [1.54, 1.807) is 42.2 Å². The molecule has 3 heterocycles. The van der Waals surface area contributed by atoms with Gasteiger partial charge in [0.25, 0.3) is 11.5 Å². The molecule has 4 aromatic rings. The molecule has 26 heavy (non-hydrogen) atoms. The summed E-state index contributed by atoms with van der Waals surface area (Å²) in [7, 11) is 1.69. The topological polar surface area (TPSA) is 81.3 Å². The van der Waals surface area contributed by atoms with Crippen LogP contribution in [0.4, 0.5) is 0 Å². The SMILES string of the molecule is Cn1c(=O)c2ccnn2c2ccc(C(=O)NCCc3ccccn3)cc21. The Morgan fingerprint density at radius 2 is 1.96 bits per heavy atom. The molecule has 0 saturated heterocycles. The Morgan fingerprint density at radius 3 is 2.77 bits per heavy atom. The van der Waals surface area contributed by atoms with Crippen LogP contribution in [0.3, 0.4) is 0 Å². The van der Waals surface area contributed by atoms with Crippen molar-refractivity contribution >= 4 is 22.5 Å². The van der Waals surface area contributed by atoms with E-state index in [0.29, 0.717) is 29.6 Å². The van der Waals surface area contributed by atoms with Crippen molar-refractivity contribution in [3.8, 4) is 0 Å². The van der Waals surface area contributed by atoms with Gasteiger partial charge in [-0.15, -0.1) is 0 Å². The zero-order valence-electron chi connectivity index (χ0n) is 14.2. The number of benzene rings is 1. The molecule has 7 heteroatoms. The van der Waals surface area contributed by atoms with Crippen LogP contribution in [0.25, 0.3) is 16.6 Å². The minimum absolute atomic E-state index is 0.150. The third-order valence-corrected chi connectivity index (χ3v) is 4.39. The zero-order chi connectivity index (χ0) is 18.1. The van der Waals surface area contributed by atoms with Crippen LogP contribution < -0.4 is 10.9 Å². The van der Waals surface area contributed by atoms with Gasteiger partial charge in [0, 0.05) is 37.5 Å². The summed E-state index contributed by atoms with van der Waals surface area (Å²) in [5.41, 5.74) is 3.21. The molecular weight excluding hydrogens is 330 g/mol. The number of nitrogens with zero attached hydrogens (tertiary/aromatic N) is 4. The van der Waals surface area contributed by atoms with Crippen molar-refractivity contribution in [3.63, 3.8) is 0 Å². The maximum absolute atomic E-state index is 12.4. The molecule has 4 rings (SSSR count). The van der Waals surface area contributed by atoms with Gasteiger partial charge in [-0.25, -0.2) is 4.52 Å². The average Bonchev–Trinajstić information content (AvgIpc) is 3.16. The van der Waals surface area contributed by atoms with Gasteiger partial charge in [-0.2, -0.15) is 5.10 Å². The molecule has 0 atom stereocenters. The van der Waals surface area contributed by atoms with Crippen molar-refractivity contribution in [2.24, 2.45) is 7.05 Å². The second kappa shape index (κ2) is 6.44. The Bertz CT molecular complexity index is 1160. The van der Waals surface area contributed by atoms with Gasteiger partial charge in [0.2, 0.25) is 0 Å². The van der Waals surface area contributed by atoms with Crippen LogP contribution in [-0.2, 0) is 13.5 Å². The van der Waals surface area contributed by atoms with Crippen molar-refractivity contribution in [3.05, 3.63) is 76.5 Å². The van der Waals surface area contributed by atoms with Gasteiger partial charge in [0.1, 0.15) is 5.52 Å². The van der Waals surface area contributed by atoms with Crippen LogP contribution in [-0.4, -0.2) is 31.6 Å². The molecule has 0 saturated carbocycles. The summed E-state index contributed by atoms with van der Waals surface area (Å²) in [5, 5.41) is 7.09. The van der Waals surface area contributed by atoms with Crippen molar-refractivity contribution in [2.45, 2.75) is 6.42 Å². The third kappa shape index (κ3) is 2.73. The van der Waals surface area contributed by atoms with Crippen molar-refractivity contribution in [2.75, 3.05) is 6.54 Å². The fraction of sp³-hybridized carbons (Fsp3) is 0.158. The fourth-order valence-electron chi connectivity index (χ4n) is 3.00. The monoisotopic (exact) mass is 347 g/mol. The normalized spacial score (nSPS) is 11.1. The van der Waals surface area contributed by atoms with E-state index in [-0.39, 0.29) is 11.5 Å². The lowest BCUT2D eigenvalue weighted by Crippen LogP contribution is -2.26. The molecule has 0 aliphatic heterocycles. The van der Waals surface area contributed by atoms with Crippen molar-refractivity contribution in [1.29, 1.82) is 0 Å². The molecule has 0 spiro atoms. The van der Waals surface area contributed by atoms with Crippen molar-refractivity contribution < 1.29 is 4.79 Å². The molecule has 130 valence electrons. The maximum Gasteiger partial charge on any atom is 0.276 e. The van der Waals surface area contributed by atoms with Gasteiger partial charge in [-0.1, -0.05) is 6.07 Å². The molecule has 7 nitrogen and oxygen atoms in total. The molecule has 1 N–H and O–H groups in total. The third-order valence-electron chi connectivity index (χ3n) is 4.39. The molecule has 0 aliphatic carbocycles. The number of aryl methyl sites for hydroxylation is 1. The first-order chi connectivity index (χ1) is 12.6. The number of carbonyl (C=O) groups excluding carboxylic acids is 1. The Balaban J connectivity index is 1.60. The van der Waals surface area contributed by atoms with E-state index in [2.05, 4.69) is 15.4 Å². The first-order valence-electron chi connectivity index (χ1n) is 8.30. The minimum atomic E-state index is -0.184. The highest BCUT2D eigenvalue weighted by molar-refractivity contribution is 5.97. The zero-order valence-corrected chi connectivity index (χ0v) is 14.2. The number of pyridine rings is 1. The van der Waals surface area contributed by atoms with Crippen LogP contribution in [0, 0.1) is 0 Å². The van der Waals surface area contributed by atoms with Gasteiger partial charge in [0.05, 0.1) is 17.2 Å². The Morgan fingerprint density at radius 1 is 1.08 bits per heavy atom. The van der Waals surface area contributed by atoms with E-state index < -0.39 is 0 Å². The molecule has 0 fully saturated rings.